The quantitative estimate of drug-likeness (QED) is 0.798. The van der Waals surface area contributed by atoms with Gasteiger partial charge in [0.2, 0.25) is 0 Å². The third-order valence-corrected chi connectivity index (χ3v) is 4.50. The maximum Gasteiger partial charge on any atom is 0.195 e. The molecule has 0 aromatic carbocycles. The SMILES string of the molecule is Cc1cc(Sc2nc3sccn3c2CO)n(C)n1. The Morgan fingerprint density at radius 1 is 1.50 bits per heavy atom. The maximum absolute atomic E-state index is 9.48. The van der Waals surface area contributed by atoms with Crippen LogP contribution in [-0.4, -0.2) is 24.3 Å². The Bertz CT molecular complexity index is 697. The Labute approximate surface area is 112 Å². The number of imidazole rings is 1. The zero-order valence-corrected chi connectivity index (χ0v) is 11.6. The molecule has 1 N–H and O–H groups in total. The van der Waals surface area contributed by atoms with Crippen molar-refractivity contribution in [2.45, 2.75) is 23.6 Å². The summed E-state index contributed by atoms with van der Waals surface area (Å²) in [4.78, 5) is 5.44. The number of rotatable bonds is 3. The Hall–Kier alpha value is -1.31. The molecule has 0 radical (unpaired) electrons. The molecule has 0 aliphatic heterocycles. The monoisotopic (exact) mass is 280 g/mol. The van der Waals surface area contributed by atoms with Crippen molar-refractivity contribution in [2.75, 3.05) is 0 Å². The van der Waals surface area contributed by atoms with Gasteiger partial charge in [0.25, 0.3) is 0 Å². The van der Waals surface area contributed by atoms with E-state index in [0.29, 0.717) is 0 Å². The first kappa shape index (κ1) is 11.8. The molecule has 18 heavy (non-hydrogen) atoms. The molecule has 5 nitrogen and oxygen atoms in total. The van der Waals surface area contributed by atoms with Crippen molar-refractivity contribution in [3.05, 3.63) is 29.0 Å². The van der Waals surface area contributed by atoms with Gasteiger partial charge in [0, 0.05) is 18.6 Å². The molecule has 0 unspecified atom stereocenters. The first-order valence-electron chi connectivity index (χ1n) is 5.43. The predicted molar refractivity (Wildman–Crippen MR) is 71.1 cm³/mol. The van der Waals surface area contributed by atoms with E-state index in [-0.39, 0.29) is 6.61 Å². The predicted octanol–water partition coefficient (Wildman–Crippen LogP) is 2.08. The van der Waals surface area contributed by atoms with E-state index in [9.17, 15) is 5.11 Å². The van der Waals surface area contributed by atoms with E-state index in [1.165, 1.54) is 11.8 Å². The van der Waals surface area contributed by atoms with Crippen LogP contribution in [0.25, 0.3) is 4.96 Å². The lowest BCUT2D eigenvalue weighted by Crippen LogP contribution is -1.94. The molecule has 7 heteroatoms. The summed E-state index contributed by atoms with van der Waals surface area (Å²) in [7, 11) is 1.91. The molecular formula is C11H12N4OS2. The van der Waals surface area contributed by atoms with Crippen molar-refractivity contribution >= 4 is 28.1 Å². The van der Waals surface area contributed by atoms with Crippen molar-refractivity contribution in [1.82, 2.24) is 19.2 Å². The molecule has 0 aliphatic rings. The molecule has 0 spiro atoms. The Kier molecular flexibility index (Phi) is 2.89. The highest BCUT2D eigenvalue weighted by atomic mass is 32.2. The van der Waals surface area contributed by atoms with Crippen LogP contribution in [0.4, 0.5) is 0 Å². The lowest BCUT2D eigenvalue weighted by atomic mass is 10.5. The standard InChI is InChI=1S/C11H12N4OS2/c1-7-5-9(14(2)13-7)18-10-8(6-16)15-3-4-17-11(15)12-10/h3-5,16H,6H2,1-2H3. The van der Waals surface area contributed by atoms with Crippen LogP contribution in [0.15, 0.2) is 27.7 Å². The van der Waals surface area contributed by atoms with Crippen molar-refractivity contribution < 1.29 is 5.11 Å². The first-order chi connectivity index (χ1) is 8.69. The van der Waals surface area contributed by atoms with Crippen LogP contribution in [0.2, 0.25) is 0 Å². The van der Waals surface area contributed by atoms with E-state index in [2.05, 4.69) is 10.1 Å². The van der Waals surface area contributed by atoms with Gasteiger partial charge in [0.1, 0.15) is 10.1 Å². The number of aromatic nitrogens is 4. The van der Waals surface area contributed by atoms with Gasteiger partial charge in [-0.05, 0) is 24.8 Å². The number of fused-ring (bicyclic) bond motifs is 1. The van der Waals surface area contributed by atoms with Crippen LogP contribution in [0.3, 0.4) is 0 Å². The first-order valence-corrected chi connectivity index (χ1v) is 7.12. The number of aliphatic hydroxyl groups excluding tert-OH is 1. The van der Waals surface area contributed by atoms with Crippen molar-refractivity contribution in [2.24, 2.45) is 7.05 Å². The summed E-state index contributed by atoms with van der Waals surface area (Å²) in [5, 5.41) is 17.6. The van der Waals surface area contributed by atoms with E-state index < -0.39 is 0 Å². The molecule has 0 amide bonds. The molecule has 0 saturated heterocycles. The molecular weight excluding hydrogens is 268 g/mol. The van der Waals surface area contributed by atoms with Crippen LogP contribution >= 0.6 is 23.1 Å². The zero-order valence-electron chi connectivity index (χ0n) is 9.99. The van der Waals surface area contributed by atoms with E-state index >= 15 is 0 Å². The Balaban J connectivity index is 2.04. The molecule has 94 valence electrons. The van der Waals surface area contributed by atoms with Crippen molar-refractivity contribution in [3.63, 3.8) is 0 Å². The normalized spacial score (nSPS) is 11.5. The third-order valence-electron chi connectivity index (χ3n) is 2.63. The maximum atomic E-state index is 9.48. The van der Waals surface area contributed by atoms with Crippen LogP contribution in [-0.2, 0) is 13.7 Å². The molecule has 0 atom stereocenters. The molecule has 3 aromatic heterocycles. The minimum atomic E-state index is -0.0168. The molecule has 0 bridgehead atoms. The lowest BCUT2D eigenvalue weighted by Gasteiger charge is -2.01. The Morgan fingerprint density at radius 3 is 3.00 bits per heavy atom. The van der Waals surface area contributed by atoms with Gasteiger partial charge < -0.3 is 5.11 Å². The van der Waals surface area contributed by atoms with Crippen LogP contribution in [0, 0.1) is 6.92 Å². The summed E-state index contributed by atoms with van der Waals surface area (Å²) >= 11 is 3.09. The summed E-state index contributed by atoms with van der Waals surface area (Å²) in [6, 6.07) is 2.01. The second kappa shape index (κ2) is 4.42. The molecule has 3 aromatic rings. The van der Waals surface area contributed by atoms with Crippen LogP contribution in [0.5, 0.6) is 0 Å². The summed E-state index contributed by atoms with van der Waals surface area (Å²) in [5.41, 5.74) is 1.81. The second-order valence-corrected chi connectivity index (χ2v) is 5.81. The summed E-state index contributed by atoms with van der Waals surface area (Å²) in [6.07, 6.45) is 1.93. The number of nitrogens with zero attached hydrogens (tertiary/aromatic N) is 4. The van der Waals surface area contributed by atoms with Gasteiger partial charge in [-0.15, -0.1) is 11.3 Å². The van der Waals surface area contributed by atoms with Gasteiger partial charge >= 0.3 is 0 Å². The topological polar surface area (TPSA) is 55.4 Å². The third kappa shape index (κ3) is 1.84. The van der Waals surface area contributed by atoms with Crippen molar-refractivity contribution in [3.8, 4) is 0 Å². The Morgan fingerprint density at radius 2 is 2.33 bits per heavy atom. The minimum Gasteiger partial charge on any atom is -0.390 e. The molecule has 0 fully saturated rings. The average Bonchev–Trinajstić information content (AvgIpc) is 2.94. The summed E-state index contributed by atoms with van der Waals surface area (Å²) in [5.74, 6) is 0. The fourth-order valence-electron chi connectivity index (χ4n) is 1.82. The smallest absolute Gasteiger partial charge is 0.195 e. The highest BCUT2D eigenvalue weighted by Crippen LogP contribution is 2.31. The molecule has 3 rings (SSSR count). The largest absolute Gasteiger partial charge is 0.390 e. The van der Waals surface area contributed by atoms with Gasteiger partial charge in [-0.25, -0.2) is 4.98 Å². The number of thiazole rings is 1. The number of aryl methyl sites for hydroxylation is 2. The van der Waals surface area contributed by atoms with Crippen LogP contribution < -0.4 is 0 Å². The van der Waals surface area contributed by atoms with Gasteiger partial charge in [0.05, 0.1) is 18.0 Å². The highest BCUT2D eigenvalue weighted by molar-refractivity contribution is 7.99. The lowest BCUT2D eigenvalue weighted by molar-refractivity contribution is 0.272. The summed E-state index contributed by atoms with van der Waals surface area (Å²) < 4.78 is 3.75. The van der Waals surface area contributed by atoms with Gasteiger partial charge in [-0.1, -0.05) is 0 Å². The molecule has 0 saturated carbocycles. The average molecular weight is 280 g/mol. The zero-order chi connectivity index (χ0) is 12.7. The number of hydrogen-bond donors (Lipinski definition) is 1. The van der Waals surface area contributed by atoms with E-state index in [0.717, 1.165) is 26.4 Å². The van der Waals surface area contributed by atoms with Gasteiger partial charge in [0.15, 0.2) is 4.96 Å². The fourth-order valence-corrected chi connectivity index (χ4v) is 3.62. The van der Waals surface area contributed by atoms with Crippen LogP contribution in [0.1, 0.15) is 11.4 Å². The minimum absolute atomic E-state index is 0.0168. The van der Waals surface area contributed by atoms with Crippen molar-refractivity contribution in [1.29, 1.82) is 0 Å². The van der Waals surface area contributed by atoms with E-state index in [4.69, 9.17) is 0 Å². The fraction of sp³-hybridized carbons (Fsp3) is 0.273. The number of hydrogen-bond acceptors (Lipinski definition) is 5. The van der Waals surface area contributed by atoms with E-state index in [1.807, 2.05) is 40.7 Å². The molecule has 3 heterocycles. The van der Waals surface area contributed by atoms with E-state index in [1.54, 1.807) is 11.3 Å². The highest BCUT2D eigenvalue weighted by Gasteiger charge is 2.15. The van der Waals surface area contributed by atoms with Gasteiger partial charge in [-0.3, -0.25) is 9.08 Å². The van der Waals surface area contributed by atoms with Gasteiger partial charge in [-0.2, -0.15) is 5.10 Å². The number of aliphatic hydroxyl groups is 1. The summed E-state index contributed by atoms with van der Waals surface area (Å²) in [6.45, 7) is 1.94. The second-order valence-electron chi connectivity index (χ2n) is 3.93. The molecule has 0 aliphatic carbocycles.